The lowest BCUT2D eigenvalue weighted by Gasteiger charge is -2.22. The van der Waals surface area contributed by atoms with Gasteiger partial charge in [0.2, 0.25) is 5.91 Å². The van der Waals surface area contributed by atoms with Crippen molar-refractivity contribution in [1.82, 2.24) is 4.90 Å². The van der Waals surface area contributed by atoms with Crippen LogP contribution in [0.3, 0.4) is 0 Å². The monoisotopic (exact) mass is 377 g/mol. The zero-order chi connectivity index (χ0) is 18.7. The predicted molar refractivity (Wildman–Crippen MR) is 96.6 cm³/mol. The average Bonchev–Trinajstić information content (AvgIpc) is 3.42. The van der Waals surface area contributed by atoms with Gasteiger partial charge in [-0.3, -0.25) is 19.8 Å². The molecule has 1 saturated carbocycles. The van der Waals surface area contributed by atoms with Crippen LogP contribution >= 0.6 is 11.6 Å². The number of hydrogen-bond donors (Lipinski definition) is 1. The van der Waals surface area contributed by atoms with E-state index in [0.717, 1.165) is 12.8 Å². The third-order valence-electron chi connectivity index (χ3n) is 4.17. The SMILES string of the molecule is O=C(CN(Cc1c(F)cccc1Cl)C1CC1)Nc1cccc([N+](=O)[O-])c1. The Labute approximate surface area is 154 Å². The number of carbonyl (C=O) groups excluding carboxylic acids is 1. The van der Waals surface area contributed by atoms with Crippen LogP contribution in [0.1, 0.15) is 18.4 Å². The number of benzene rings is 2. The Balaban J connectivity index is 1.68. The third-order valence-corrected chi connectivity index (χ3v) is 4.53. The van der Waals surface area contributed by atoms with Gasteiger partial charge in [0.25, 0.3) is 5.69 Å². The minimum absolute atomic E-state index is 0.0536. The van der Waals surface area contributed by atoms with Gasteiger partial charge in [0, 0.05) is 41.0 Å². The Hall–Kier alpha value is -2.51. The van der Waals surface area contributed by atoms with Gasteiger partial charge in [-0.15, -0.1) is 0 Å². The summed E-state index contributed by atoms with van der Waals surface area (Å²) in [5, 5.41) is 13.8. The second-order valence-corrected chi connectivity index (χ2v) is 6.60. The molecule has 0 bridgehead atoms. The molecule has 0 spiro atoms. The lowest BCUT2D eigenvalue weighted by molar-refractivity contribution is -0.384. The van der Waals surface area contributed by atoms with E-state index in [2.05, 4.69) is 5.32 Å². The van der Waals surface area contributed by atoms with Crippen molar-refractivity contribution in [2.75, 3.05) is 11.9 Å². The largest absolute Gasteiger partial charge is 0.325 e. The number of hydrogen-bond acceptors (Lipinski definition) is 4. The van der Waals surface area contributed by atoms with Gasteiger partial charge in [-0.25, -0.2) is 4.39 Å². The fraction of sp³-hybridized carbons (Fsp3) is 0.278. The van der Waals surface area contributed by atoms with Crippen molar-refractivity contribution in [2.24, 2.45) is 0 Å². The number of rotatable bonds is 7. The fourth-order valence-corrected chi connectivity index (χ4v) is 2.95. The van der Waals surface area contributed by atoms with Gasteiger partial charge in [0.15, 0.2) is 0 Å². The van der Waals surface area contributed by atoms with Gasteiger partial charge >= 0.3 is 0 Å². The molecule has 6 nitrogen and oxygen atoms in total. The van der Waals surface area contributed by atoms with Crippen molar-refractivity contribution < 1.29 is 14.1 Å². The Morgan fingerprint density at radius 1 is 1.31 bits per heavy atom. The number of nitro benzene ring substituents is 1. The number of carbonyl (C=O) groups is 1. The van der Waals surface area contributed by atoms with E-state index >= 15 is 0 Å². The molecule has 3 rings (SSSR count). The van der Waals surface area contributed by atoms with E-state index in [1.165, 1.54) is 30.3 Å². The standard InChI is InChI=1S/C18H17ClFN3O3/c19-16-5-2-6-17(20)15(16)10-22(13-7-8-13)11-18(24)21-12-3-1-4-14(9-12)23(25)26/h1-6,9,13H,7-8,10-11H2,(H,21,24). The highest BCUT2D eigenvalue weighted by Gasteiger charge is 2.31. The highest BCUT2D eigenvalue weighted by molar-refractivity contribution is 6.31. The number of nitro groups is 1. The molecule has 2 aromatic rings. The average molecular weight is 378 g/mol. The molecule has 0 unspecified atom stereocenters. The van der Waals surface area contributed by atoms with Crippen molar-refractivity contribution in [1.29, 1.82) is 0 Å². The summed E-state index contributed by atoms with van der Waals surface area (Å²) in [6, 6.07) is 10.5. The minimum atomic E-state index is -0.521. The number of anilines is 1. The van der Waals surface area contributed by atoms with Crippen LogP contribution in [-0.2, 0) is 11.3 Å². The number of nitrogens with one attached hydrogen (secondary N) is 1. The van der Waals surface area contributed by atoms with Crippen molar-refractivity contribution >= 4 is 28.9 Å². The van der Waals surface area contributed by atoms with Crippen LogP contribution in [0.15, 0.2) is 42.5 Å². The Bertz CT molecular complexity index is 822. The first kappa shape index (κ1) is 18.3. The summed E-state index contributed by atoms with van der Waals surface area (Å²) >= 11 is 6.08. The van der Waals surface area contributed by atoms with Crippen molar-refractivity contribution in [2.45, 2.75) is 25.4 Å². The van der Waals surface area contributed by atoms with Gasteiger partial charge in [0.1, 0.15) is 5.82 Å². The highest BCUT2D eigenvalue weighted by Crippen LogP contribution is 2.30. The van der Waals surface area contributed by atoms with E-state index in [4.69, 9.17) is 11.6 Å². The maximum atomic E-state index is 14.0. The summed E-state index contributed by atoms with van der Waals surface area (Å²) in [7, 11) is 0. The zero-order valence-electron chi connectivity index (χ0n) is 13.8. The van der Waals surface area contributed by atoms with Gasteiger partial charge in [-0.1, -0.05) is 23.7 Å². The Morgan fingerprint density at radius 2 is 2.04 bits per heavy atom. The maximum absolute atomic E-state index is 14.0. The van der Waals surface area contributed by atoms with Crippen LogP contribution in [0.4, 0.5) is 15.8 Å². The van der Waals surface area contributed by atoms with E-state index in [-0.39, 0.29) is 30.7 Å². The summed E-state index contributed by atoms with van der Waals surface area (Å²) < 4.78 is 14.0. The molecule has 26 heavy (non-hydrogen) atoms. The van der Waals surface area contributed by atoms with Gasteiger partial charge in [0.05, 0.1) is 11.5 Å². The second-order valence-electron chi connectivity index (χ2n) is 6.19. The Kier molecular flexibility index (Phi) is 5.49. The van der Waals surface area contributed by atoms with Crippen LogP contribution in [0.2, 0.25) is 5.02 Å². The molecule has 0 aliphatic heterocycles. The van der Waals surface area contributed by atoms with Gasteiger partial charge in [-0.2, -0.15) is 0 Å². The van der Waals surface area contributed by atoms with E-state index in [0.29, 0.717) is 16.3 Å². The molecule has 1 aliphatic rings. The molecular weight excluding hydrogens is 361 g/mol. The summed E-state index contributed by atoms with van der Waals surface area (Å²) in [6.07, 6.45) is 1.88. The summed E-state index contributed by atoms with van der Waals surface area (Å²) in [5.41, 5.74) is 0.619. The van der Waals surface area contributed by atoms with Gasteiger partial charge < -0.3 is 5.32 Å². The molecule has 136 valence electrons. The molecule has 1 aliphatic carbocycles. The minimum Gasteiger partial charge on any atom is -0.325 e. The fourth-order valence-electron chi connectivity index (χ4n) is 2.72. The number of non-ortho nitro benzene ring substituents is 1. The maximum Gasteiger partial charge on any atom is 0.271 e. The lowest BCUT2D eigenvalue weighted by atomic mass is 10.2. The topological polar surface area (TPSA) is 75.5 Å². The molecule has 0 aromatic heterocycles. The number of halogens is 2. The van der Waals surface area contributed by atoms with Crippen LogP contribution < -0.4 is 5.32 Å². The first-order valence-electron chi connectivity index (χ1n) is 8.15. The van der Waals surface area contributed by atoms with Crippen molar-refractivity contribution in [3.05, 3.63) is 69.0 Å². The van der Waals surface area contributed by atoms with E-state index in [1.807, 2.05) is 4.90 Å². The predicted octanol–water partition coefficient (Wildman–Crippen LogP) is 3.99. The number of amides is 1. The van der Waals surface area contributed by atoms with Crippen LogP contribution in [-0.4, -0.2) is 28.3 Å². The van der Waals surface area contributed by atoms with Crippen LogP contribution in [0.5, 0.6) is 0 Å². The molecule has 1 amide bonds. The van der Waals surface area contributed by atoms with E-state index in [9.17, 15) is 19.3 Å². The summed E-state index contributed by atoms with van der Waals surface area (Å²) in [5.74, 6) is -0.716. The summed E-state index contributed by atoms with van der Waals surface area (Å²) in [6.45, 7) is 0.288. The Morgan fingerprint density at radius 3 is 2.69 bits per heavy atom. The molecule has 1 fully saturated rings. The molecule has 0 atom stereocenters. The molecule has 2 aromatic carbocycles. The van der Waals surface area contributed by atoms with Crippen LogP contribution in [0.25, 0.3) is 0 Å². The molecule has 0 radical (unpaired) electrons. The molecule has 0 heterocycles. The second kappa shape index (κ2) is 7.80. The highest BCUT2D eigenvalue weighted by atomic mass is 35.5. The van der Waals surface area contributed by atoms with Crippen molar-refractivity contribution in [3.8, 4) is 0 Å². The van der Waals surface area contributed by atoms with E-state index in [1.54, 1.807) is 12.1 Å². The third kappa shape index (κ3) is 4.56. The first-order valence-corrected chi connectivity index (χ1v) is 8.53. The number of nitrogens with zero attached hydrogens (tertiary/aromatic N) is 2. The van der Waals surface area contributed by atoms with Gasteiger partial charge in [-0.05, 0) is 31.0 Å². The first-order chi connectivity index (χ1) is 12.4. The lowest BCUT2D eigenvalue weighted by Crippen LogP contribution is -2.34. The summed E-state index contributed by atoms with van der Waals surface area (Å²) in [4.78, 5) is 24.5. The molecular formula is C18H17ClFN3O3. The molecule has 0 saturated heterocycles. The van der Waals surface area contributed by atoms with E-state index < -0.39 is 10.7 Å². The van der Waals surface area contributed by atoms with Crippen LogP contribution in [0, 0.1) is 15.9 Å². The zero-order valence-corrected chi connectivity index (χ0v) is 14.6. The quantitative estimate of drug-likeness (QED) is 0.584. The molecule has 1 N–H and O–H groups in total. The smallest absolute Gasteiger partial charge is 0.271 e. The molecule has 8 heteroatoms. The normalized spacial score (nSPS) is 13.7. The van der Waals surface area contributed by atoms with Crippen molar-refractivity contribution in [3.63, 3.8) is 0 Å².